The smallest absolute Gasteiger partial charge is 0.122 e. The van der Waals surface area contributed by atoms with Crippen LogP contribution in [0.25, 0.3) is 0 Å². The second-order valence-electron chi connectivity index (χ2n) is 4.25. The molecule has 0 amide bonds. The molecule has 1 aliphatic carbocycles. The van der Waals surface area contributed by atoms with Gasteiger partial charge in [0.05, 0.1) is 6.61 Å². The van der Waals surface area contributed by atoms with Gasteiger partial charge in [0.15, 0.2) is 0 Å². The first-order valence-electron chi connectivity index (χ1n) is 5.29. The van der Waals surface area contributed by atoms with Crippen LogP contribution in [0.15, 0.2) is 24.3 Å². The van der Waals surface area contributed by atoms with Gasteiger partial charge in [-0.3, -0.25) is 0 Å². The molecular weight excluding hydrogens is 174 g/mol. The summed E-state index contributed by atoms with van der Waals surface area (Å²) in [5.41, 5.74) is 1.41. The normalized spacial score (nSPS) is 33.6. The average Bonchev–Trinajstić information content (AvgIpc) is 2.19. The van der Waals surface area contributed by atoms with Crippen LogP contribution in [0.4, 0.5) is 0 Å². The van der Waals surface area contributed by atoms with Crippen LogP contribution in [0.1, 0.15) is 17.9 Å². The van der Waals surface area contributed by atoms with Gasteiger partial charge in [0.2, 0.25) is 0 Å². The van der Waals surface area contributed by atoms with E-state index in [4.69, 9.17) is 4.74 Å². The molecular formula is C12H15NO. The zero-order chi connectivity index (χ0) is 9.54. The van der Waals surface area contributed by atoms with Gasteiger partial charge in [-0.2, -0.15) is 0 Å². The SMILES string of the molecule is CNC1CC2c3ccccc3OCC12. The van der Waals surface area contributed by atoms with Crippen LogP contribution in [0.2, 0.25) is 0 Å². The molecule has 1 fully saturated rings. The number of para-hydroxylation sites is 1. The quantitative estimate of drug-likeness (QED) is 0.727. The van der Waals surface area contributed by atoms with Crippen molar-refractivity contribution >= 4 is 0 Å². The molecule has 0 spiro atoms. The highest BCUT2D eigenvalue weighted by molar-refractivity contribution is 5.40. The third-order valence-corrected chi connectivity index (χ3v) is 3.66. The summed E-state index contributed by atoms with van der Waals surface area (Å²) in [6.45, 7) is 0.882. The summed E-state index contributed by atoms with van der Waals surface area (Å²) < 4.78 is 5.75. The first kappa shape index (κ1) is 8.30. The molecule has 1 saturated carbocycles. The number of nitrogens with one attached hydrogen (secondary N) is 1. The molecule has 2 aliphatic rings. The van der Waals surface area contributed by atoms with Gasteiger partial charge >= 0.3 is 0 Å². The van der Waals surface area contributed by atoms with Gasteiger partial charge in [-0.15, -0.1) is 0 Å². The van der Waals surface area contributed by atoms with Crippen molar-refractivity contribution in [2.75, 3.05) is 13.7 Å². The standard InChI is InChI=1S/C12H15NO/c1-13-11-6-9-8-4-2-3-5-12(8)14-7-10(9)11/h2-5,9-11,13H,6-7H2,1H3. The van der Waals surface area contributed by atoms with Crippen LogP contribution in [0.5, 0.6) is 5.75 Å². The third kappa shape index (κ3) is 1.01. The van der Waals surface area contributed by atoms with Crippen molar-refractivity contribution in [3.63, 3.8) is 0 Å². The summed E-state index contributed by atoms with van der Waals surface area (Å²) in [7, 11) is 2.04. The Labute approximate surface area is 84.3 Å². The number of rotatable bonds is 1. The molecule has 0 saturated heterocycles. The lowest BCUT2D eigenvalue weighted by Gasteiger charge is -2.48. The van der Waals surface area contributed by atoms with Gasteiger partial charge in [0.1, 0.15) is 5.75 Å². The average molecular weight is 189 g/mol. The molecule has 14 heavy (non-hydrogen) atoms. The zero-order valence-electron chi connectivity index (χ0n) is 8.36. The minimum Gasteiger partial charge on any atom is -0.493 e. The van der Waals surface area contributed by atoms with E-state index in [1.165, 1.54) is 12.0 Å². The minimum absolute atomic E-state index is 0.661. The molecule has 1 aromatic carbocycles. The lowest BCUT2D eigenvalue weighted by molar-refractivity contribution is 0.0802. The molecule has 1 aliphatic heterocycles. The highest BCUT2D eigenvalue weighted by Gasteiger charge is 2.44. The predicted octanol–water partition coefficient (Wildman–Crippen LogP) is 1.77. The van der Waals surface area contributed by atoms with Gasteiger partial charge < -0.3 is 10.1 Å². The second-order valence-corrected chi connectivity index (χ2v) is 4.25. The van der Waals surface area contributed by atoms with Gasteiger partial charge in [-0.05, 0) is 31.0 Å². The van der Waals surface area contributed by atoms with Crippen molar-refractivity contribution in [3.8, 4) is 5.75 Å². The van der Waals surface area contributed by atoms with Gasteiger partial charge in [0, 0.05) is 12.0 Å². The Morgan fingerprint density at radius 3 is 3.07 bits per heavy atom. The van der Waals surface area contributed by atoms with Crippen molar-refractivity contribution in [2.45, 2.75) is 18.4 Å². The number of hydrogen-bond donors (Lipinski definition) is 1. The van der Waals surface area contributed by atoms with Gasteiger partial charge in [-0.1, -0.05) is 18.2 Å². The summed E-state index contributed by atoms with van der Waals surface area (Å²) in [5.74, 6) is 2.52. The topological polar surface area (TPSA) is 21.3 Å². The molecule has 2 nitrogen and oxygen atoms in total. The van der Waals surface area contributed by atoms with E-state index >= 15 is 0 Å². The van der Waals surface area contributed by atoms with Crippen molar-refractivity contribution in [2.24, 2.45) is 5.92 Å². The third-order valence-electron chi connectivity index (χ3n) is 3.66. The first-order valence-corrected chi connectivity index (χ1v) is 5.29. The Morgan fingerprint density at radius 1 is 1.36 bits per heavy atom. The monoisotopic (exact) mass is 189 g/mol. The highest BCUT2D eigenvalue weighted by Crippen LogP contribution is 2.48. The molecule has 1 N–H and O–H groups in total. The summed E-state index contributed by atoms with van der Waals surface area (Å²) in [4.78, 5) is 0. The van der Waals surface area contributed by atoms with Crippen molar-refractivity contribution in [1.82, 2.24) is 5.32 Å². The van der Waals surface area contributed by atoms with Crippen LogP contribution in [0, 0.1) is 5.92 Å². The van der Waals surface area contributed by atoms with Crippen LogP contribution in [-0.2, 0) is 0 Å². The molecule has 0 aromatic heterocycles. The second kappa shape index (κ2) is 2.99. The summed E-state index contributed by atoms with van der Waals surface area (Å²) in [6, 6.07) is 9.11. The highest BCUT2D eigenvalue weighted by atomic mass is 16.5. The Kier molecular flexibility index (Phi) is 1.77. The number of fused-ring (bicyclic) bond motifs is 3. The van der Waals surface area contributed by atoms with Crippen LogP contribution < -0.4 is 10.1 Å². The zero-order valence-corrected chi connectivity index (χ0v) is 8.36. The Morgan fingerprint density at radius 2 is 2.21 bits per heavy atom. The minimum atomic E-state index is 0.661. The Hall–Kier alpha value is -1.02. The van der Waals surface area contributed by atoms with E-state index < -0.39 is 0 Å². The van der Waals surface area contributed by atoms with E-state index in [1.807, 2.05) is 13.1 Å². The van der Waals surface area contributed by atoms with Crippen LogP contribution in [0.3, 0.4) is 0 Å². The number of benzene rings is 1. The molecule has 74 valence electrons. The van der Waals surface area contributed by atoms with E-state index in [0.717, 1.165) is 18.3 Å². The maximum absolute atomic E-state index is 5.75. The lowest BCUT2D eigenvalue weighted by Crippen LogP contribution is -2.52. The van der Waals surface area contributed by atoms with E-state index in [2.05, 4.69) is 23.5 Å². The van der Waals surface area contributed by atoms with Crippen molar-refractivity contribution < 1.29 is 4.74 Å². The fraction of sp³-hybridized carbons (Fsp3) is 0.500. The Bertz CT molecular complexity index is 350. The molecule has 3 unspecified atom stereocenters. The summed E-state index contributed by atoms with van der Waals surface area (Å²) in [5, 5.41) is 3.35. The Balaban J connectivity index is 1.92. The van der Waals surface area contributed by atoms with E-state index in [0.29, 0.717) is 12.0 Å². The molecule has 0 radical (unpaired) electrons. The molecule has 3 atom stereocenters. The maximum Gasteiger partial charge on any atom is 0.122 e. The van der Waals surface area contributed by atoms with E-state index in [1.54, 1.807) is 0 Å². The predicted molar refractivity (Wildman–Crippen MR) is 55.6 cm³/mol. The fourth-order valence-electron chi connectivity index (χ4n) is 2.73. The molecule has 1 heterocycles. The first-order chi connectivity index (χ1) is 6.90. The number of ether oxygens (including phenoxy) is 1. The van der Waals surface area contributed by atoms with Crippen molar-refractivity contribution in [1.29, 1.82) is 0 Å². The summed E-state index contributed by atoms with van der Waals surface area (Å²) in [6.07, 6.45) is 1.27. The molecule has 1 aromatic rings. The van der Waals surface area contributed by atoms with Gasteiger partial charge in [0.25, 0.3) is 0 Å². The van der Waals surface area contributed by atoms with Crippen LogP contribution >= 0.6 is 0 Å². The molecule has 0 bridgehead atoms. The van der Waals surface area contributed by atoms with Gasteiger partial charge in [-0.25, -0.2) is 0 Å². The van der Waals surface area contributed by atoms with Crippen LogP contribution in [-0.4, -0.2) is 19.7 Å². The molecule has 3 rings (SSSR count). The van der Waals surface area contributed by atoms with E-state index in [9.17, 15) is 0 Å². The fourth-order valence-corrected chi connectivity index (χ4v) is 2.73. The van der Waals surface area contributed by atoms with E-state index in [-0.39, 0.29) is 0 Å². The summed E-state index contributed by atoms with van der Waals surface area (Å²) >= 11 is 0. The lowest BCUT2D eigenvalue weighted by atomic mass is 9.65. The maximum atomic E-state index is 5.75. The van der Waals surface area contributed by atoms with Crippen molar-refractivity contribution in [3.05, 3.63) is 29.8 Å². The molecule has 2 heteroatoms. The number of hydrogen-bond acceptors (Lipinski definition) is 2. The largest absolute Gasteiger partial charge is 0.493 e.